The summed E-state index contributed by atoms with van der Waals surface area (Å²) in [4.78, 5) is 21.2. The van der Waals surface area contributed by atoms with Crippen LogP contribution in [-0.4, -0.2) is 15.9 Å². The van der Waals surface area contributed by atoms with E-state index >= 15 is 0 Å². The van der Waals surface area contributed by atoms with Gasteiger partial charge < -0.3 is 5.32 Å². The van der Waals surface area contributed by atoms with Crippen molar-refractivity contribution in [1.82, 2.24) is 9.97 Å². The van der Waals surface area contributed by atoms with Gasteiger partial charge in [0.2, 0.25) is 5.91 Å². The zero-order chi connectivity index (χ0) is 25.0. The van der Waals surface area contributed by atoms with Gasteiger partial charge in [-0.1, -0.05) is 54.9 Å². The Morgan fingerprint density at radius 1 is 0.943 bits per heavy atom. The molecule has 0 radical (unpaired) electrons. The van der Waals surface area contributed by atoms with Crippen molar-refractivity contribution in [3.05, 3.63) is 101 Å². The molecule has 0 aliphatic rings. The first kappa shape index (κ1) is 24.4. The van der Waals surface area contributed by atoms with Crippen LogP contribution in [0.3, 0.4) is 0 Å². The first-order valence-electron chi connectivity index (χ1n) is 10.9. The summed E-state index contributed by atoms with van der Waals surface area (Å²) in [7, 11) is 0. The minimum absolute atomic E-state index is 0.0527. The van der Waals surface area contributed by atoms with Gasteiger partial charge in [0.1, 0.15) is 5.82 Å². The van der Waals surface area contributed by atoms with Gasteiger partial charge in [-0.05, 0) is 35.9 Å². The van der Waals surface area contributed by atoms with Crippen LogP contribution in [0.25, 0.3) is 22.5 Å². The molecule has 1 N–H and O–H groups in total. The number of alkyl halides is 2. The van der Waals surface area contributed by atoms with E-state index in [1.54, 1.807) is 36.5 Å². The maximum atomic E-state index is 13.8. The van der Waals surface area contributed by atoms with E-state index in [2.05, 4.69) is 15.3 Å². The summed E-state index contributed by atoms with van der Waals surface area (Å²) in [6.45, 7) is 1.43. The van der Waals surface area contributed by atoms with E-state index in [4.69, 9.17) is 11.6 Å². The predicted molar refractivity (Wildman–Crippen MR) is 131 cm³/mol. The normalized spacial score (nSPS) is 11.3. The Labute approximate surface area is 205 Å². The lowest BCUT2D eigenvalue weighted by Crippen LogP contribution is -2.15. The molecule has 35 heavy (non-hydrogen) atoms. The molecule has 0 aliphatic heterocycles. The fourth-order valence-electron chi connectivity index (χ4n) is 3.60. The van der Waals surface area contributed by atoms with Crippen molar-refractivity contribution < 1.29 is 18.0 Å². The third-order valence-electron chi connectivity index (χ3n) is 5.51. The summed E-state index contributed by atoms with van der Waals surface area (Å²) in [5.41, 5.74) is 3.49. The number of amides is 1. The monoisotopic (exact) mass is 495 g/mol. The predicted octanol–water partition coefficient (Wildman–Crippen LogP) is 7.29. The van der Waals surface area contributed by atoms with Crippen LogP contribution in [0.2, 0.25) is 5.02 Å². The number of hydrogen-bond acceptors (Lipinski definition) is 3. The molecular weight excluding hydrogens is 475 g/mol. The van der Waals surface area contributed by atoms with Crippen LogP contribution in [0, 0.1) is 5.82 Å². The van der Waals surface area contributed by atoms with Crippen molar-refractivity contribution in [2.75, 3.05) is 5.32 Å². The van der Waals surface area contributed by atoms with Crippen molar-refractivity contribution in [2.24, 2.45) is 0 Å². The standard InChI is InChI=1S/C27H21ClF3N3O/c1-2-27(30,31)19-7-3-17(4-8-19)15-24(35)34-21-10-5-18(6-11-21)25-26(33-14-13-32-25)22-12-9-20(29)16-23(22)28/h3-14,16H,2,15H2,1H3,(H,34,35). The summed E-state index contributed by atoms with van der Waals surface area (Å²) < 4.78 is 41.0. The average Bonchev–Trinajstić information content (AvgIpc) is 2.85. The minimum Gasteiger partial charge on any atom is -0.326 e. The Morgan fingerprint density at radius 3 is 2.23 bits per heavy atom. The van der Waals surface area contributed by atoms with Crippen LogP contribution >= 0.6 is 11.6 Å². The Bertz CT molecular complexity index is 1340. The third-order valence-corrected chi connectivity index (χ3v) is 5.82. The van der Waals surface area contributed by atoms with Gasteiger partial charge in [0.05, 0.1) is 22.8 Å². The van der Waals surface area contributed by atoms with Crippen molar-refractivity contribution in [3.8, 4) is 22.5 Å². The number of nitrogens with one attached hydrogen (secondary N) is 1. The maximum absolute atomic E-state index is 13.8. The number of carbonyl (C=O) groups excluding carboxylic acids is 1. The highest BCUT2D eigenvalue weighted by molar-refractivity contribution is 6.33. The molecule has 0 aliphatic carbocycles. The molecule has 0 saturated carbocycles. The van der Waals surface area contributed by atoms with E-state index in [9.17, 15) is 18.0 Å². The minimum atomic E-state index is -2.88. The van der Waals surface area contributed by atoms with Crippen molar-refractivity contribution in [2.45, 2.75) is 25.7 Å². The van der Waals surface area contributed by atoms with Crippen LogP contribution < -0.4 is 5.32 Å². The topological polar surface area (TPSA) is 54.9 Å². The quantitative estimate of drug-likeness (QED) is 0.293. The fraction of sp³-hybridized carbons (Fsp3) is 0.148. The van der Waals surface area contributed by atoms with Crippen molar-refractivity contribution in [3.63, 3.8) is 0 Å². The summed E-state index contributed by atoms with van der Waals surface area (Å²) in [5, 5.41) is 3.02. The van der Waals surface area contributed by atoms with Crippen molar-refractivity contribution >= 4 is 23.2 Å². The molecule has 3 aromatic carbocycles. The van der Waals surface area contributed by atoms with E-state index in [1.165, 1.54) is 49.5 Å². The molecule has 4 nitrogen and oxygen atoms in total. The highest BCUT2D eigenvalue weighted by Gasteiger charge is 2.28. The molecule has 0 spiro atoms. The highest BCUT2D eigenvalue weighted by Crippen LogP contribution is 2.34. The van der Waals surface area contributed by atoms with Crippen LogP contribution in [0.15, 0.2) is 79.1 Å². The molecule has 4 aromatic rings. The second-order valence-electron chi connectivity index (χ2n) is 7.93. The van der Waals surface area contributed by atoms with Crippen molar-refractivity contribution in [1.29, 1.82) is 0 Å². The highest BCUT2D eigenvalue weighted by atomic mass is 35.5. The Morgan fingerprint density at radius 2 is 1.60 bits per heavy atom. The van der Waals surface area contributed by atoms with E-state index < -0.39 is 11.7 Å². The number of carbonyl (C=O) groups is 1. The van der Waals surface area contributed by atoms with E-state index in [0.29, 0.717) is 28.2 Å². The molecule has 4 rings (SSSR count). The molecule has 0 atom stereocenters. The smallest absolute Gasteiger partial charge is 0.273 e. The van der Waals surface area contributed by atoms with Gasteiger partial charge in [0, 0.05) is 41.2 Å². The van der Waals surface area contributed by atoms with Gasteiger partial charge in [-0.2, -0.15) is 0 Å². The molecule has 178 valence electrons. The molecule has 0 saturated heterocycles. The number of anilines is 1. The van der Waals surface area contributed by atoms with Gasteiger partial charge in [0.15, 0.2) is 0 Å². The lowest BCUT2D eigenvalue weighted by atomic mass is 10.0. The number of hydrogen-bond donors (Lipinski definition) is 1. The number of benzene rings is 3. The largest absolute Gasteiger partial charge is 0.326 e. The van der Waals surface area contributed by atoms with E-state index in [-0.39, 0.29) is 29.3 Å². The van der Waals surface area contributed by atoms with Gasteiger partial charge in [-0.15, -0.1) is 0 Å². The van der Waals surface area contributed by atoms with Crippen LogP contribution in [0.5, 0.6) is 0 Å². The number of halogens is 4. The summed E-state index contributed by atoms with van der Waals surface area (Å²) >= 11 is 6.22. The summed E-state index contributed by atoms with van der Waals surface area (Å²) in [5.74, 6) is -3.60. The van der Waals surface area contributed by atoms with Gasteiger partial charge in [-0.3, -0.25) is 14.8 Å². The van der Waals surface area contributed by atoms with Gasteiger partial charge >= 0.3 is 0 Å². The molecule has 1 aromatic heterocycles. The second kappa shape index (κ2) is 10.3. The molecule has 0 unspecified atom stereocenters. The lowest BCUT2D eigenvalue weighted by Gasteiger charge is -2.14. The number of nitrogens with zero attached hydrogens (tertiary/aromatic N) is 2. The number of aromatic nitrogens is 2. The average molecular weight is 496 g/mol. The summed E-state index contributed by atoms with van der Waals surface area (Å²) in [6.07, 6.45) is 2.85. The Hall–Kier alpha value is -3.71. The molecule has 1 amide bonds. The molecular formula is C27H21ClF3N3O. The van der Waals surface area contributed by atoms with Gasteiger partial charge in [-0.25, -0.2) is 13.2 Å². The zero-order valence-electron chi connectivity index (χ0n) is 18.7. The maximum Gasteiger partial charge on any atom is 0.273 e. The Kier molecular flexibility index (Phi) is 7.17. The van der Waals surface area contributed by atoms with Crippen LogP contribution in [-0.2, 0) is 17.1 Å². The third kappa shape index (κ3) is 5.69. The van der Waals surface area contributed by atoms with E-state index in [0.717, 1.165) is 5.56 Å². The second-order valence-corrected chi connectivity index (χ2v) is 8.34. The van der Waals surface area contributed by atoms with Gasteiger partial charge in [0.25, 0.3) is 5.92 Å². The SMILES string of the molecule is CCC(F)(F)c1ccc(CC(=O)Nc2ccc(-c3nccnc3-c3ccc(F)cc3Cl)cc2)cc1. The van der Waals surface area contributed by atoms with Crippen LogP contribution in [0.4, 0.5) is 18.9 Å². The summed E-state index contributed by atoms with van der Waals surface area (Å²) in [6, 6.07) is 16.9. The van der Waals surface area contributed by atoms with Crippen LogP contribution in [0.1, 0.15) is 24.5 Å². The molecule has 1 heterocycles. The first-order valence-corrected chi connectivity index (χ1v) is 11.3. The first-order chi connectivity index (χ1) is 16.8. The molecule has 8 heteroatoms. The number of rotatable bonds is 7. The fourth-order valence-corrected chi connectivity index (χ4v) is 3.86. The molecule has 0 bridgehead atoms. The zero-order valence-corrected chi connectivity index (χ0v) is 19.5. The lowest BCUT2D eigenvalue weighted by molar-refractivity contribution is -0.115. The Balaban J connectivity index is 1.47. The molecule has 0 fully saturated rings. The van der Waals surface area contributed by atoms with E-state index in [1.807, 2.05) is 0 Å².